The van der Waals surface area contributed by atoms with Gasteiger partial charge in [0.15, 0.2) is 0 Å². The molecule has 5 heteroatoms. The zero-order valence-corrected chi connectivity index (χ0v) is 14.1. The average molecular weight is 335 g/mol. The number of amides is 1. The summed E-state index contributed by atoms with van der Waals surface area (Å²) in [5.74, 6) is 0. The smallest absolute Gasteiger partial charge is 0.410 e. The van der Waals surface area contributed by atoms with Crippen LogP contribution in [0.5, 0.6) is 0 Å². The maximum absolute atomic E-state index is 12.2. The zero-order valence-electron chi connectivity index (χ0n) is 14.1. The van der Waals surface area contributed by atoms with Crippen LogP contribution >= 0.6 is 0 Å². The largest absolute Gasteiger partial charge is 0.445 e. The van der Waals surface area contributed by atoms with Gasteiger partial charge < -0.3 is 9.64 Å². The second-order valence-electron chi connectivity index (χ2n) is 6.11. The number of nitrogens with zero attached hydrogens (tertiary/aromatic N) is 3. The Labute approximate surface area is 148 Å². The maximum atomic E-state index is 12.2. The van der Waals surface area contributed by atoms with Gasteiger partial charge in [-0.2, -0.15) is 5.26 Å². The van der Waals surface area contributed by atoms with Gasteiger partial charge in [-0.1, -0.05) is 42.5 Å². The summed E-state index contributed by atoms with van der Waals surface area (Å²) in [5, 5.41) is 8.84. The number of hydrogen-bond acceptors (Lipinski definition) is 4. The molecule has 0 aromatic heterocycles. The van der Waals surface area contributed by atoms with Crippen molar-refractivity contribution in [2.45, 2.75) is 13.2 Å². The third-order valence-corrected chi connectivity index (χ3v) is 4.32. The van der Waals surface area contributed by atoms with E-state index in [9.17, 15) is 4.79 Å². The minimum atomic E-state index is -0.248. The lowest BCUT2D eigenvalue weighted by molar-refractivity contribution is 0.0700. The fraction of sp³-hybridized carbons (Fsp3) is 0.300. The SMILES string of the molecule is N#Cc1ccc(CN2CCN(C(=O)OCc3ccccc3)CC2)cc1. The highest BCUT2D eigenvalue weighted by molar-refractivity contribution is 5.67. The van der Waals surface area contributed by atoms with Crippen molar-refractivity contribution >= 4 is 6.09 Å². The van der Waals surface area contributed by atoms with E-state index in [1.807, 2.05) is 54.6 Å². The number of nitriles is 1. The fourth-order valence-electron chi connectivity index (χ4n) is 2.84. The van der Waals surface area contributed by atoms with Gasteiger partial charge in [0.25, 0.3) is 0 Å². The molecule has 128 valence electrons. The molecule has 1 amide bonds. The van der Waals surface area contributed by atoms with Crippen LogP contribution in [0, 0.1) is 11.3 Å². The Morgan fingerprint density at radius 2 is 1.64 bits per heavy atom. The summed E-state index contributed by atoms with van der Waals surface area (Å²) in [6, 6.07) is 19.5. The fourth-order valence-corrected chi connectivity index (χ4v) is 2.84. The molecule has 3 rings (SSSR count). The zero-order chi connectivity index (χ0) is 17.5. The lowest BCUT2D eigenvalue weighted by Gasteiger charge is -2.34. The lowest BCUT2D eigenvalue weighted by atomic mass is 10.1. The molecule has 0 saturated carbocycles. The molecule has 5 nitrogen and oxygen atoms in total. The molecular weight excluding hydrogens is 314 g/mol. The van der Waals surface area contributed by atoms with E-state index in [0.29, 0.717) is 25.3 Å². The van der Waals surface area contributed by atoms with Crippen molar-refractivity contribution in [3.8, 4) is 6.07 Å². The molecule has 2 aromatic rings. The van der Waals surface area contributed by atoms with Gasteiger partial charge in [0.05, 0.1) is 11.6 Å². The van der Waals surface area contributed by atoms with Gasteiger partial charge in [0, 0.05) is 32.7 Å². The highest BCUT2D eigenvalue weighted by atomic mass is 16.6. The Morgan fingerprint density at radius 3 is 2.28 bits per heavy atom. The van der Waals surface area contributed by atoms with Gasteiger partial charge in [-0.05, 0) is 23.3 Å². The summed E-state index contributed by atoms with van der Waals surface area (Å²) in [6.45, 7) is 4.12. The number of carbonyl (C=O) groups excluding carboxylic acids is 1. The molecule has 1 heterocycles. The Kier molecular flexibility index (Phi) is 5.65. The molecule has 1 fully saturated rings. The predicted octanol–water partition coefficient (Wildman–Crippen LogP) is 3.01. The summed E-state index contributed by atoms with van der Waals surface area (Å²) in [7, 11) is 0. The van der Waals surface area contributed by atoms with E-state index in [1.54, 1.807) is 4.90 Å². The lowest BCUT2D eigenvalue weighted by Crippen LogP contribution is -2.48. The van der Waals surface area contributed by atoms with Crippen LogP contribution < -0.4 is 0 Å². The highest BCUT2D eigenvalue weighted by Crippen LogP contribution is 2.11. The highest BCUT2D eigenvalue weighted by Gasteiger charge is 2.22. The number of piperazine rings is 1. The van der Waals surface area contributed by atoms with E-state index >= 15 is 0 Å². The molecule has 0 aliphatic carbocycles. The van der Waals surface area contributed by atoms with Gasteiger partial charge in [-0.15, -0.1) is 0 Å². The number of benzene rings is 2. The summed E-state index contributed by atoms with van der Waals surface area (Å²) in [6.07, 6.45) is -0.248. The second-order valence-corrected chi connectivity index (χ2v) is 6.11. The van der Waals surface area contributed by atoms with Crippen molar-refractivity contribution in [1.29, 1.82) is 5.26 Å². The first-order valence-corrected chi connectivity index (χ1v) is 8.41. The monoisotopic (exact) mass is 335 g/mol. The molecule has 0 N–H and O–H groups in total. The maximum Gasteiger partial charge on any atom is 0.410 e. The first kappa shape index (κ1) is 17.0. The second kappa shape index (κ2) is 8.32. The standard InChI is InChI=1S/C20H21N3O2/c21-14-17-6-8-18(9-7-17)15-22-10-12-23(13-11-22)20(24)25-16-19-4-2-1-3-5-19/h1-9H,10-13,15-16H2. The van der Waals surface area contributed by atoms with Crippen molar-refractivity contribution in [2.24, 2.45) is 0 Å². The number of ether oxygens (including phenoxy) is 1. The van der Waals surface area contributed by atoms with Gasteiger partial charge in [0.1, 0.15) is 6.61 Å². The van der Waals surface area contributed by atoms with Crippen molar-refractivity contribution in [1.82, 2.24) is 9.80 Å². The Hall–Kier alpha value is -2.84. The summed E-state index contributed by atoms with van der Waals surface area (Å²) in [5.41, 5.74) is 2.85. The first-order chi connectivity index (χ1) is 12.2. The van der Waals surface area contributed by atoms with E-state index in [1.165, 1.54) is 5.56 Å². The summed E-state index contributed by atoms with van der Waals surface area (Å²) < 4.78 is 5.38. The normalized spacial score (nSPS) is 14.8. The summed E-state index contributed by atoms with van der Waals surface area (Å²) in [4.78, 5) is 16.2. The molecule has 1 aliphatic rings. The molecule has 0 spiro atoms. The van der Waals surface area contributed by atoms with E-state index in [0.717, 1.165) is 25.2 Å². The van der Waals surface area contributed by atoms with Crippen LogP contribution in [0.15, 0.2) is 54.6 Å². The van der Waals surface area contributed by atoms with Crippen molar-refractivity contribution in [2.75, 3.05) is 26.2 Å². The van der Waals surface area contributed by atoms with Gasteiger partial charge in [0.2, 0.25) is 0 Å². The van der Waals surface area contributed by atoms with Crippen molar-refractivity contribution in [3.63, 3.8) is 0 Å². The van der Waals surface area contributed by atoms with Crippen LogP contribution in [-0.2, 0) is 17.9 Å². The van der Waals surface area contributed by atoms with Crippen LogP contribution in [0.25, 0.3) is 0 Å². The average Bonchev–Trinajstić information content (AvgIpc) is 2.68. The molecule has 0 radical (unpaired) electrons. The van der Waals surface area contributed by atoms with E-state index < -0.39 is 0 Å². The van der Waals surface area contributed by atoms with Gasteiger partial charge >= 0.3 is 6.09 Å². The van der Waals surface area contributed by atoms with E-state index in [4.69, 9.17) is 10.00 Å². The predicted molar refractivity (Wildman–Crippen MR) is 94.6 cm³/mol. The Bertz CT molecular complexity index is 730. The minimum absolute atomic E-state index is 0.248. The van der Waals surface area contributed by atoms with Gasteiger partial charge in [-0.25, -0.2) is 4.79 Å². The molecule has 1 saturated heterocycles. The van der Waals surface area contributed by atoms with Crippen LogP contribution in [0.2, 0.25) is 0 Å². The van der Waals surface area contributed by atoms with Crippen LogP contribution in [0.3, 0.4) is 0 Å². The van der Waals surface area contributed by atoms with E-state index in [2.05, 4.69) is 11.0 Å². The number of hydrogen-bond donors (Lipinski definition) is 0. The molecule has 0 bridgehead atoms. The molecule has 2 aromatic carbocycles. The first-order valence-electron chi connectivity index (χ1n) is 8.41. The third-order valence-electron chi connectivity index (χ3n) is 4.32. The van der Waals surface area contributed by atoms with Gasteiger partial charge in [-0.3, -0.25) is 4.90 Å². The molecule has 25 heavy (non-hydrogen) atoms. The molecule has 0 unspecified atom stereocenters. The van der Waals surface area contributed by atoms with Crippen molar-refractivity contribution < 1.29 is 9.53 Å². The summed E-state index contributed by atoms with van der Waals surface area (Å²) >= 11 is 0. The Morgan fingerprint density at radius 1 is 0.960 bits per heavy atom. The third kappa shape index (κ3) is 4.82. The Balaban J connectivity index is 1.43. The van der Waals surface area contributed by atoms with Crippen LogP contribution in [0.4, 0.5) is 4.79 Å². The number of rotatable bonds is 4. The van der Waals surface area contributed by atoms with Crippen LogP contribution in [0.1, 0.15) is 16.7 Å². The quantitative estimate of drug-likeness (QED) is 0.862. The molecule has 0 atom stereocenters. The van der Waals surface area contributed by atoms with Crippen LogP contribution in [-0.4, -0.2) is 42.1 Å². The number of carbonyl (C=O) groups is 1. The van der Waals surface area contributed by atoms with E-state index in [-0.39, 0.29) is 6.09 Å². The molecular formula is C20H21N3O2. The topological polar surface area (TPSA) is 56.6 Å². The minimum Gasteiger partial charge on any atom is -0.445 e. The molecule has 1 aliphatic heterocycles. The van der Waals surface area contributed by atoms with Crippen molar-refractivity contribution in [3.05, 3.63) is 71.3 Å².